The number of para-hydroxylation sites is 1. The van der Waals surface area contributed by atoms with Gasteiger partial charge in [0.25, 0.3) is 0 Å². The molecule has 0 amide bonds. The summed E-state index contributed by atoms with van der Waals surface area (Å²) in [5, 5.41) is 9.98. The summed E-state index contributed by atoms with van der Waals surface area (Å²) < 4.78 is 1.24. The number of benzene rings is 1. The molecule has 1 aliphatic heterocycles. The molecule has 2 heterocycles. The minimum Gasteiger partial charge on any atom is -0.481 e. The van der Waals surface area contributed by atoms with E-state index in [1.807, 2.05) is 12.1 Å². The Labute approximate surface area is 122 Å². The normalized spacial score (nSPS) is 17.6. The molecule has 106 valence electrons. The first-order valence-corrected chi connectivity index (χ1v) is 7.81. The van der Waals surface area contributed by atoms with Gasteiger partial charge in [-0.3, -0.25) is 9.69 Å². The molecule has 1 aromatic heterocycles. The average molecular weight is 290 g/mol. The van der Waals surface area contributed by atoms with Crippen LogP contribution in [-0.2, 0) is 11.3 Å². The molecular formula is C15H18N2O2S. The van der Waals surface area contributed by atoms with Gasteiger partial charge in [0.15, 0.2) is 0 Å². The van der Waals surface area contributed by atoms with Crippen LogP contribution >= 0.6 is 11.3 Å². The molecule has 0 aliphatic carbocycles. The van der Waals surface area contributed by atoms with Crippen LogP contribution in [0.5, 0.6) is 0 Å². The van der Waals surface area contributed by atoms with Crippen LogP contribution < -0.4 is 0 Å². The lowest BCUT2D eigenvalue weighted by Gasteiger charge is -2.30. The van der Waals surface area contributed by atoms with Crippen LogP contribution in [0, 0.1) is 5.92 Å². The van der Waals surface area contributed by atoms with Crippen LogP contribution in [0.25, 0.3) is 10.2 Å². The van der Waals surface area contributed by atoms with E-state index >= 15 is 0 Å². The monoisotopic (exact) mass is 290 g/mol. The number of aromatic nitrogens is 1. The van der Waals surface area contributed by atoms with E-state index in [4.69, 9.17) is 5.11 Å². The number of aliphatic carboxylic acids is 1. The summed E-state index contributed by atoms with van der Waals surface area (Å²) in [6.45, 7) is 2.85. The van der Waals surface area contributed by atoms with Crippen LogP contribution in [-0.4, -0.2) is 34.0 Å². The molecule has 0 radical (unpaired) electrons. The highest BCUT2D eigenvalue weighted by Crippen LogP contribution is 2.25. The largest absolute Gasteiger partial charge is 0.481 e. The molecule has 0 unspecified atom stereocenters. The Hall–Kier alpha value is -1.46. The van der Waals surface area contributed by atoms with Crippen molar-refractivity contribution in [1.82, 2.24) is 9.88 Å². The summed E-state index contributed by atoms with van der Waals surface area (Å²) in [6.07, 6.45) is 2.28. The van der Waals surface area contributed by atoms with Crippen molar-refractivity contribution in [2.45, 2.75) is 25.8 Å². The maximum Gasteiger partial charge on any atom is 0.303 e. The highest BCUT2D eigenvalue weighted by molar-refractivity contribution is 7.18. The van der Waals surface area contributed by atoms with E-state index in [1.54, 1.807) is 11.3 Å². The molecule has 1 fully saturated rings. The number of carboxylic acids is 1. The van der Waals surface area contributed by atoms with Crippen molar-refractivity contribution in [1.29, 1.82) is 0 Å². The van der Waals surface area contributed by atoms with Gasteiger partial charge in [0.05, 0.1) is 16.8 Å². The third kappa shape index (κ3) is 3.16. The van der Waals surface area contributed by atoms with E-state index in [2.05, 4.69) is 22.0 Å². The molecule has 4 nitrogen and oxygen atoms in total. The fourth-order valence-corrected chi connectivity index (χ4v) is 3.78. The Morgan fingerprint density at radius 2 is 2.10 bits per heavy atom. The number of piperidine rings is 1. The maximum atomic E-state index is 10.7. The molecule has 3 rings (SSSR count). The van der Waals surface area contributed by atoms with Gasteiger partial charge in [0, 0.05) is 6.42 Å². The number of carboxylic acid groups (broad SMARTS) is 1. The van der Waals surface area contributed by atoms with Crippen molar-refractivity contribution in [3.8, 4) is 0 Å². The van der Waals surface area contributed by atoms with Gasteiger partial charge in [-0.05, 0) is 44.0 Å². The number of hydrogen-bond acceptors (Lipinski definition) is 4. The molecule has 1 aliphatic rings. The topological polar surface area (TPSA) is 53.4 Å². The van der Waals surface area contributed by atoms with Gasteiger partial charge in [-0.25, -0.2) is 4.98 Å². The second kappa shape index (κ2) is 5.89. The van der Waals surface area contributed by atoms with Crippen molar-refractivity contribution < 1.29 is 9.90 Å². The minimum atomic E-state index is -0.672. The van der Waals surface area contributed by atoms with Crippen LogP contribution in [0.4, 0.5) is 0 Å². The van der Waals surface area contributed by atoms with E-state index < -0.39 is 5.97 Å². The first-order valence-electron chi connectivity index (χ1n) is 6.99. The molecule has 0 atom stereocenters. The molecule has 2 aromatic rings. The lowest BCUT2D eigenvalue weighted by molar-refractivity contribution is -0.138. The molecule has 20 heavy (non-hydrogen) atoms. The van der Waals surface area contributed by atoms with Crippen molar-refractivity contribution in [3.63, 3.8) is 0 Å². The Balaban J connectivity index is 1.58. The van der Waals surface area contributed by atoms with E-state index in [0.717, 1.165) is 43.0 Å². The fourth-order valence-electron chi connectivity index (χ4n) is 2.77. The second-order valence-corrected chi connectivity index (χ2v) is 6.51. The van der Waals surface area contributed by atoms with Gasteiger partial charge in [-0.15, -0.1) is 11.3 Å². The van der Waals surface area contributed by atoms with Gasteiger partial charge >= 0.3 is 5.97 Å². The molecule has 0 bridgehead atoms. The zero-order chi connectivity index (χ0) is 13.9. The van der Waals surface area contributed by atoms with Gasteiger partial charge in [-0.2, -0.15) is 0 Å². The Bertz CT molecular complexity index is 570. The number of hydrogen-bond donors (Lipinski definition) is 1. The number of nitrogens with zero attached hydrogens (tertiary/aromatic N) is 2. The number of likely N-dealkylation sites (tertiary alicyclic amines) is 1. The maximum absolute atomic E-state index is 10.7. The van der Waals surface area contributed by atoms with Crippen molar-refractivity contribution >= 4 is 27.5 Å². The third-order valence-corrected chi connectivity index (χ3v) is 4.89. The van der Waals surface area contributed by atoms with Gasteiger partial charge in [-0.1, -0.05) is 12.1 Å². The summed E-state index contributed by atoms with van der Waals surface area (Å²) in [6, 6.07) is 8.22. The lowest BCUT2D eigenvalue weighted by Crippen LogP contribution is -2.33. The molecular weight excluding hydrogens is 272 g/mol. The van der Waals surface area contributed by atoms with Crippen molar-refractivity contribution in [3.05, 3.63) is 29.3 Å². The first kappa shape index (κ1) is 13.5. The van der Waals surface area contributed by atoms with Crippen LogP contribution in [0.15, 0.2) is 24.3 Å². The number of fused-ring (bicyclic) bond motifs is 1. The first-order chi connectivity index (χ1) is 9.70. The van der Waals surface area contributed by atoms with E-state index in [0.29, 0.717) is 12.3 Å². The Kier molecular flexibility index (Phi) is 3.98. The SMILES string of the molecule is O=C(O)CC1CCN(Cc2nc3ccccc3s2)CC1. The summed E-state index contributed by atoms with van der Waals surface area (Å²) >= 11 is 1.76. The molecule has 1 N–H and O–H groups in total. The van der Waals surface area contributed by atoms with Crippen LogP contribution in [0.1, 0.15) is 24.3 Å². The molecule has 1 saturated heterocycles. The van der Waals surface area contributed by atoms with Gasteiger partial charge < -0.3 is 5.11 Å². The van der Waals surface area contributed by atoms with E-state index in [9.17, 15) is 4.79 Å². The van der Waals surface area contributed by atoms with Gasteiger partial charge in [0.2, 0.25) is 0 Å². The fraction of sp³-hybridized carbons (Fsp3) is 0.467. The quantitative estimate of drug-likeness (QED) is 0.940. The number of rotatable bonds is 4. The number of thiazole rings is 1. The lowest BCUT2D eigenvalue weighted by atomic mass is 9.94. The highest BCUT2D eigenvalue weighted by atomic mass is 32.1. The Morgan fingerprint density at radius 1 is 1.35 bits per heavy atom. The number of carbonyl (C=O) groups is 1. The van der Waals surface area contributed by atoms with E-state index in [1.165, 1.54) is 4.70 Å². The van der Waals surface area contributed by atoms with Gasteiger partial charge in [0.1, 0.15) is 5.01 Å². The van der Waals surface area contributed by atoms with Crippen LogP contribution in [0.3, 0.4) is 0 Å². The molecule has 1 aromatic carbocycles. The zero-order valence-corrected chi connectivity index (χ0v) is 12.1. The molecule has 0 spiro atoms. The third-order valence-electron chi connectivity index (χ3n) is 3.87. The standard InChI is InChI=1S/C15H18N2O2S/c18-15(19)9-11-5-7-17(8-6-11)10-14-16-12-3-1-2-4-13(12)20-14/h1-4,11H,5-10H2,(H,18,19). The zero-order valence-electron chi connectivity index (χ0n) is 11.3. The summed E-state index contributed by atoms with van der Waals surface area (Å²) in [5.41, 5.74) is 1.08. The Morgan fingerprint density at radius 3 is 2.80 bits per heavy atom. The van der Waals surface area contributed by atoms with Crippen molar-refractivity contribution in [2.24, 2.45) is 5.92 Å². The summed E-state index contributed by atoms with van der Waals surface area (Å²) in [4.78, 5) is 17.8. The average Bonchev–Trinajstić information content (AvgIpc) is 2.82. The summed E-state index contributed by atoms with van der Waals surface area (Å²) in [7, 11) is 0. The highest BCUT2D eigenvalue weighted by Gasteiger charge is 2.21. The smallest absolute Gasteiger partial charge is 0.303 e. The van der Waals surface area contributed by atoms with Crippen molar-refractivity contribution in [2.75, 3.05) is 13.1 Å². The predicted octanol–water partition coefficient (Wildman–Crippen LogP) is 2.98. The molecule has 5 heteroatoms. The van der Waals surface area contributed by atoms with E-state index in [-0.39, 0.29) is 0 Å². The minimum absolute atomic E-state index is 0.314. The molecule has 0 saturated carbocycles. The second-order valence-electron chi connectivity index (χ2n) is 5.39. The summed E-state index contributed by atoms with van der Waals surface area (Å²) in [5.74, 6) is -0.325. The van der Waals surface area contributed by atoms with Crippen LogP contribution in [0.2, 0.25) is 0 Å². The predicted molar refractivity (Wildman–Crippen MR) is 79.9 cm³/mol.